The van der Waals surface area contributed by atoms with Gasteiger partial charge in [-0.15, -0.1) is 0 Å². The van der Waals surface area contributed by atoms with E-state index in [2.05, 4.69) is 20.2 Å². The molecule has 1 unspecified atom stereocenters. The number of aromatic nitrogens is 2. The third-order valence-electron chi connectivity index (χ3n) is 4.24. The molecule has 6 heteroatoms. The van der Waals surface area contributed by atoms with Crippen LogP contribution in [0.1, 0.15) is 38.4 Å². The van der Waals surface area contributed by atoms with Gasteiger partial charge in [0.2, 0.25) is 0 Å². The summed E-state index contributed by atoms with van der Waals surface area (Å²) in [5, 5.41) is 15.2. The van der Waals surface area contributed by atoms with Crippen molar-refractivity contribution in [2.45, 2.75) is 51.6 Å². The van der Waals surface area contributed by atoms with Gasteiger partial charge in [-0.1, -0.05) is 0 Å². The predicted molar refractivity (Wildman–Crippen MR) is 80.9 cm³/mol. The number of aliphatic hydroxyl groups is 1. The minimum absolute atomic E-state index is 0.00894. The SMILES string of the molecule is Cc1nccn1CCCCNC(=O)NC(C)(CO)C1CC1. The number of aliphatic hydroxyl groups excluding tert-OH is 1. The fraction of sp³-hybridized carbons (Fsp3) is 0.733. The van der Waals surface area contributed by atoms with Crippen LogP contribution in [0.5, 0.6) is 0 Å². The molecule has 0 aromatic carbocycles. The highest BCUT2D eigenvalue weighted by molar-refractivity contribution is 5.74. The number of rotatable bonds is 8. The third-order valence-corrected chi connectivity index (χ3v) is 4.24. The summed E-state index contributed by atoms with van der Waals surface area (Å²) < 4.78 is 2.11. The lowest BCUT2D eigenvalue weighted by Gasteiger charge is -2.28. The van der Waals surface area contributed by atoms with Gasteiger partial charge in [-0.2, -0.15) is 0 Å². The number of nitrogens with one attached hydrogen (secondary N) is 2. The molecular formula is C15H26N4O2. The van der Waals surface area contributed by atoms with Crippen LogP contribution in [0.3, 0.4) is 0 Å². The Labute approximate surface area is 125 Å². The second kappa shape index (κ2) is 6.93. The summed E-state index contributed by atoms with van der Waals surface area (Å²) in [6.45, 7) is 5.45. The van der Waals surface area contributed by atoms with Gasteiger partial charge in [-0.25, -0.2) is 9.78 Å². The molecule has 1 aromatic rings. The quantitative estimate of drug-likeness (QED) is 0.635. The van der Waals surface area contributed by atoms with Crippen molar-refractivity contribution in [1.82, 2.24) is 20.2 Å². The Hall–Kier alpha value is -1.56. The van der Waals surface area contributed by atoms with E-state index >= 15 is 0 Å². The molecule has 1 aromatic heterocycles. The maximum atomic E-state index is 11.8. The van der Waals surface area contributed by atoms with Crippen molar-refractivity contribution in [1.29, 1.82) is 0 Å². The Balaban J connectivity index is 1.60. The first kappa shape index (κ1) is 15.8. The highest BCUT2D eigenvalue weighted by atomic mass is 16.3. The Bertz CT molecular complexity index is 470. The smallest absolute Gasteiger partial charge is 0.315 e. The first-order valence-corrected chi connectivity index (χ1v) is 7.70. The maximum absolute atomic E-state index is 11.8. The summed E-state index contributed by atoms with van der Waals surface area (Å²) >= 11 is 0. The summed E-state index contributed by atoms with van der Waals surface area (Å²) in [7, 11) is 0. The summed E-state index contributed by atoms with van der Waals surface area (Å²) in [5.41, 5.74) is -0.474. The van der Waals surface area contributed by atoms with Gasteiger partial charge in [0.25, 0.3) is 0 Å². The lowest BCUT2D eigenvalue weighted by Crippen LogP contribution is -2.54. The Morgan fingerprint density at radius 3 is 2.86 bits per heavy atom. The van der Waals surface area contributed by atoms with E-state index in [1.807, 2.05) is 20.0 Å². The Morgan fingerprint density at radius 1 is 1.52 bits per heavy atom. The Kier molecular flexibility index (Phi) is 5.22. The van der Waals surface area contributed by atoms with Crippen LogP contribution in [0, 0.1) is 12.8 Å². The van der Waals surface area contributed by atoms with Crippen molar-refractivity contribution in [3.8, 4) is 0 Å². The van der Waals surface area contributed by atoms with Gasteiger partial charge in [0.05, 0.1) is 12.1 Å². The van der Waals surface area contributed by atoms with Crippen LogP contribution in [-0.4, -0.2) is 39.4 Å². The number of urea groups is 1. The number of amides is 2. The summed E-state index contributed by atoms with van der Waals surface area (Å²) in [6.07, 6.45) is 7.86. The molecule has 2 rings (SSSR count). The van der Waals surface area contributed by atoms with E-state index in [4.69, 9.17) is 0 Å². The molecule has 118 valence electrons. The lowest BCUT2D eigenvalue weighted by molar-refractivity contribution is 0.155. The number of hydrogen-bond acceptors (Lipinski definition) is 3. The number of hydrogen-bond donors (Lipinski definition) is 3. The first-order chi connectivity index (χ1) is 10.0. The van der Waals surface area contributed by atoms with Gasteiger partial charge in [-0.05, 0) is 45.4 Å². The molecule has 1 atom stereocenters. The van der Waals surface area contributed by atoms with E-state index in [9.17, 15) is 9.90 Å². The van der Waals surface area contributed by atoms with Crippen LogP contribution in [0.25, 0.3) is 0 Å². The molecule has 21 heavy (non-hydrogen) atoms. The van der Waals surface area contributed by atoms with Crippen LogP contribution in [0.4, 0.5) is 4.79 Å². The predicted octanol–water partition coefficient (Wildman–Crippen LogP) is 1.43. The summed E-state index contributed by atoms with van der Waals surface area (Å²) in [6, 6.07) is -0.183. The molecule has 2 amide bonds. The number of nitrogens with zero attached hydrogens (tertiary/aromatic N) is 2. The van der Waals surface area contributed by atoms with E-state index in [1.165, 1.54) is 0 Å². The summed E-state index contributed by atoms with van der Waals surface area (Å²) in [4.78, 5) is 16.0. The zero-order chi connectivity index (χ0) is 15.3. The van der Waals surface area contributed by atoms with E-state index < -0.39 is 5.54 Å². The zero-order valence-electron chi connectivity index (χ0n) is 12.9. The Morgan fingerprint density at radius 2 is 2.29 bits per heavy atom. The number of carbonyl (C=O) groups is 1. The van der Waals surface area contributed by atoms with Crippen molar-refractivity contribution in [2.75, 3.05) is 13.2 Å². The molecule has 1 aliphatic carbocycles. The van der Waals surface area contributed by atoms with Gasteiger partial charge >= 0.3 is 6.03 Å². The topological polar surface area (TPSA) is 79.2 Å². The fourth-order valence-corrected chi connectivity index (χ4v) is 2.54. The van der Waals surface area contributed by atoms with Crippen molar-refractivity contribution in [3.05, 3.63) is 18.2 Å². The first-order valence-electron chi connectivity index (χ1n) is 7.70. The average Bonchev–Trinajstić information content (AvgIpc) is 3.24. The molecule has 1 heterocycles. The largest absolute Gasteiger partial charge is 0.394 e. The van der Waals surface area contributed by atoms with Crippen LogP contribution in [0.2, 0.25) is 0 Å². The number of carbonyl (C=O) groups excluding carboxylic acids is 1. The molecular weight excluding hydrogens is 268 g/mol. The molecule has 0 spiro atoms. The lowest BCUT2D eigenvalue weighted by atomic mass is 9.97. The third kappa shape index (κ3) is 4.46. The minimum atomic E-state index is -0.474. The van der Waals surface area contributed by atoms with Gasteiger partial charge < -0.3 is 20.3 Å². The molecule has 0 radical (unpaired) electrons. The molecule has 1 aliphatic rings. The van der Waals surface area contributed by atoms with Crippen LogP contribution >= 0.6 is 0 Å². The fourth-order valence-electron chi connectivity index (χ4n) is 2.54. The van der Waals surface area contributed by atoms with Gasteiger partial charge in [0, 0.05) is 25.5 Å². The van der Waals surface area contributed by atoms with Gasteiger partial charge in [-0.3, -0.25) is 0 Å². The molecule has 1 saturated carbocycles. The molecule has 6 nitrogen and oxygen atoms in total. The minimum Gasteiger partial charge on any atom is -0.394 e. The standard InChI is InChI=1S/C15H26N4O2/c1-12-16-8-10-19(12)9-4-3-7-17-14(21)18-15(2,11-20)13-5-6-13/h8,10,13,20H,3-7,9,11H2,1-2H3,(H2,17,18,21). The molecule has 0 bridgehead atoms. The molecule has 1 fully saturated rings. The molecule has 0 aliphatic heterocycles. The average molecular weight is 294 g/mol. The van der Waals surface area contributed by atoms with Crippen LogP contribution < -0.4 is 10.6 Å². The highest BCUT2D eigenvalue weighted by Gasteiger charge is 2.42. The number of aryl methyl sites for hydroxylation is 2. The van der Waals surface area contributed by atoms with Crippen LogP contribution in [0.15, 0.2) is 12.4 Å². The molecule has 0 saturated heterocycles. The highest BCUT2D eigenvalue weighted by Crippen LogP contribution is 2.39. The van der Waals surface area contributed by atoms with E-state index in [-0.39, 0.29) is 12.6 Å². The van der Waals surface area contributed by atoms with E-state index in [0.717, 1.165) is 38.1 Å². The van der Waals surface area contributed by atoms with E-state index in [1.54, 1.807) is 6.20 Å². The van der Waals surface area contributed by atoms with Crippen LogP contribution in [-0.2, 0) is 6.54 Å². The molecule has 3 N–H and O–H groups in total. The maximum Gasteiger partial charge on any atom is 0.315 e. The monoisotopic (exact) mass is 294 g/mol. The van der Waals surface area contributed by atoms with Crippen molar-refractivity contribution in [3.63, 3.8) is 0 Å². The second-order valence-electron chi connectivity index (χ2n) is 6.11. The van der Waals surface area contributed by atoms with Crippen molar-refractivity contribution >= 4 is 6.03 Å². The van der Waals surface area contributed by atoms with Crippen molar-refractivity contribution in [2.24, 2.45) is 5.92 Å². The summed E-state index contributed by atoms with van der Waals surface area (Å²) in [5.74, 6) is 1.43. The van der Waals surface area contributed by atoms with Gasteiger partial charge in [0.1, 0.15) is 5.82 Å². The van der Waals surface area contributed by atoms with Gasteiger partial charge in [0.15, 0.2) is 0 Å². The van der Waals surface area contributed by atoms with Crippen molar-refractivity contribution < 1.29 is 9.90 Å². The second-order valence-corrected chi connectivity index (χ2v) is 6.11. The zero-order valence-corrected chi connectivity index (χ0v) is 12.9. The number of imidazole rings is 1. The van der Waals surface area contributed by atoms with E-state index in [0.29, 0.717) is 12.5 Å². The number of unbranched alkanes of at least 4 members (excludes halogenated alkanes) is 1. The normalized spacial score (nSPS) is 17.3.